The lowest BCUT2D eigenvalue weighted by Crippen LogP contribution is -2.47. The lowest BCUT2D eigenvalue weighted by Gasteiger charge is -2.34. The van der Waals surface area contributed by atoms with Crippen LogP contribution in [0.15, 0.2) is 18.3 Å². The molecule has 1 aliphatic carbocycles. The molecule has 2 rings (SSSR count). The van der Waals surface area contributed by atoms with Crippen LogP contribution in [0.1, 0.15) is 23.2 Å². The fourth-order valence-corrected chi connectivity index (χ4v) is 1.86. The summed E-state index contributed by atoms with van der Waals surface area (Å²) < 4.78 is 5.14. The van der Waals surface area contributed by atoms with Crippen molar-refractivity contribution in [2.24, 2.45) is 0 Å². The Bertz CT molecular complexity index is 391. The van der Waals surface area contributed by atoms with Gasteiger partial charge in [-0.3, -0.25) is 4.79 Å². The Morgan fingerprint density at radius 2 is 2.38 bits per heavy atom. The van der Waals surface area contributed by atoms with E-state index in [2.05, 4.69) is 10.3 Å². The predicted molar refractivity (Wildman–Crippen MR) is 60.5 cm³/mol. The van der Waals surface area contributed by atoms with Crippen molar-refractivity contribution < 1.29 is 9.53 Å². The second-order valence-electron chi connectivity index (χ2n) is 3.87. The molecule has 0 radical (unpaired) electrons. The molecule has 4 nitrogen and oxygen atoms in total. The zero-order valence-electron chi connectivity index (χ0n) is 8.94. The fraction of sp³-hybridized carbons (Fsp3) is 0.455. The van der Waals surface area contributed by atoms with Crippen LogP contribution in [-0.4, -0.2) is 30.1 Å². The molecule has 0 aromatic carbocycles. The maximum absolute atomic E-state index is 11.8. The zero-order valence-corrected chi connectivity index (χ0v) is 9.70. The van der Waals surface area contributed by atoms with Crippen molar-refractivity contribution in [2.45, 2.75) is 25.0 Å². The first-order chi connectivity index (χ1) is 7.69. The van der Waals surface area contributed by atoms with E-state index >= 15 is 0 Å². The number of aromatic nitrogens is 1. The number of amides is 1. The Morgan fingerprint density at radius 1 is 1.62 bits per heavy atom. The second kappa shape index (κ2) is 4.80. The highest BCUT2D eigenvalue weighted by Gasteiger charge is 2.30. The molecule has 1 aliphatic rings. The first-order valence-electron chi connectivity index (χ1n) is 5.14. The van der Waals surface area contributed by atoms with Crippen LogP contribution >= 0.6 is 11.6 Å². The molecular formula is C11H13ClN2O2. The van der Waals surface area contributed by atoms with E-state index in [1.54, 1.807) is 19.2 Å². The van der Waals surface area contributed by atoms with Crippen molar-refractivity contribution in [1.82, 2.24) is 10.3 Å². The quantitative estimate of drug-likeness (QED) is 0.818. The van der Waals surface area contributed by atoms with Gasteiger partial charge in [-0.25, -0.2) is 4.98 Å². The number of rotatable bonds is 3. The Morgan fingerprint density at radius 3 is 3.00 bits per heavy atom. The van der Waals surface area contributed by atoms with Crippen LogP contribution in [-0.2, 0) is 4.74 Å². The van der Waals surface area contributed by atoms with Gasteiger partial charge in [-0.15, -0.1) is 0 Å². The number of halogens is 1. The summed E-state index contributed by atoms with van der Waals surface area (Å²) >= 11 is 5.71. The summed E-state index contributed by atoms with van der Waals surface area (Å²) in [5, 5.41) is 3.25. The molecule has 16 heavy (non-hydrogen) atoms. The lowest BCUT2D eigenvalue weighted by atomic mass is 9.89. The minimum absolute atomic E-state index is 0.108. The molecule has 86 valence electrons. The number of pyridine rings is 1. The number of hydrogen-bond acceptors (Lipinski definition) is 3. The number of hydrogen-bond donors (Lipinski definition) is 1. The molecule has 1 heterocycles. The summed E-state index contributed by atoms with van der Waals surface area (Å²) in [6.45, 7) is 0. The fourth-order valence-electron chi connectivity index (χ4n) is 1.69. The molecule has 1 saturated carbocycles. The number of methoxy groups -OCH3 is 1. The first kappa shape index (κ1) is 11.4. The van der Waals surface area contributed by atoms with Crippen LogP contribution in [0.2, 0.25) is 5.15 Å². The standard InChI is InChI=1S/C11H13ClN2O2/c1-16-9-5-8(6-9)14-11(15)7-2-3-13-10(12)4-7/h2-4,8-9H,5-6H2,1H3,(H,14,15). The number of carbonyl (C=O) groups excluding carboxylic acids is 1. The molecule has 5 heteroatoms. The SMILES string of the molecule is COC1CC(NC(=O)c2ccnc(Cl)c2)C1. The van der Waals surface area contributed by atoms with Gasteiger partial charge in [0.15, 0.2) is 0 Å². The number of carbonyl (C=O) groups is 1. The molecule has 1 aromatic heterocycles. The van der Waals surface area contributed by atoms with Gasteiger partial charge in [0, 0.05) is 24.9 Å². The van der Waals surface area contributed by atoms with Gasteiger partial charge in [0.05, 0.1) is 6.10 Å². The maximum Gasteiger partial charge on any atom is 0.251 e. The highest BCUT2D eigenvalue weighted by molar-refractivity contribution is 6.29. The van der Waals surface area contributed by atoms with Crippen molar-refractivity contribution in [3.05, 3.63) is 29.0 Å². The second-order valence-corrected chi connectivity index (χ2v) is 4.25. The van der Waals surface area contributed by atoms with Crippen LogP contribution < -0.4 is 5.32 Å². The summed E-state index contributed by atoms with van der Waals surface area (Å²) in [7, 11) is 1.69. The normalized spacial score (nSPS) is 23.6. The van der Waals surface area contributed by atoms with Gasteiger partial charge < -0.3 is 10.1 Å². The molecule has 0 saturated heterocycles. The first-order valence-corrected chi connectivity index (χ1v) is 5.52. The lowest BCUT2D eigenvalue weighted by molar-refractivity contribution is 0.0176. The summed E-state index contributed by atoms with van der Waals surface area (Å²) in [5.41, 5.74) is 0.542. The molecule has 0 spiro atoms. The number of ether oxygens (including phenoxy) is 1. The number of nitrogens with zero attached hydrogens (tertiary/aromatic N) is 1. The third kappa shape index (κ3) is 2.51. The molecule has 0 bridgehead atoms. The van der Waals surface area contributed by atoms with E-state index in [1.165, 1.54) is 6.20 Å². The minimum Gasteiger partial charge on any atom is -0.381 e. The van der Waals surface area contributed by atoms with Crippen LogP contribution in [0.25, 0.3) is 0 Å². The van der Waals surface area contributed by atoms with Crippen LogP contribution in [0, 0.1) is 0 Å². The largest absolute Gasteiger partial charge is 0.381 e. The Balaban J connectivity index is 1.89. The summed E-state index contributed by atoms with van der Waals surface area (Å²) in [6, 6.07) is 3.42. The topological polar surface area (TPSA) is 51.2 Å². The van der Waals surface area contributed by atoms with Crippen molar-refractivity contribution in [3.8, 4) is 0 Å². The molecule has 1 aromatic rings. The van der Waals surface area contributed by atoms with Gasteiger partial charge in [0.1, 0.15) is 5.15 Å². The van der Waals surface area contributed by atoms with E-state index in [1.807, 2.05) is 0 Å². The van der Waals surface area contributed by atoms with Gasteiger partial charge in [0.25, 0.3) is 5.91 Å². The van der Waals surface area contributed by atoms with E-state index in [4.69, 9.17) is 16.3 Å². The van der Waals surface area contributed by atoms with E-state index in [-0.39, 0.29) is 18.1 Å². The van der Waals surface area contributed by atoms with Gasteiger partial charge >= 0.3 is 0 Å². The van der Waals surface area contributed by atoms with Crippen LogP contribution in [0.4, 0.5) is 0 Å². The van der Waals surface area contributed by atoms with Gasteiger partial charge in [-0.2, -0.15) is 0 Å². The molecule has 0 aliphatic heterocycles. The highest BCUT2D eigenvalue weighted by atomic mass is 35.5. The van der Waals surface area contributed by atoms with Crippen LogP contribution in [0.3, 0.4) is 0 Å². The Hall–Kier alpha value is -1.13. The minimum atomic E-state index is -0.108. The van der Waals surface area contributed by atoms with Gasteiger partial charge in [-0.05, 0) is 25.0 Å². The predicted octanol–water partition coefficient (Wildman–Crippen LogP) is 1.64. The van der Waals surface area contributed by atoms with Crippen molar-refractivity contribution in [1.29, 1.82) is 0 Å². The molecular weight excluding hydrogens is 228 g/mol. The van der Waals surface area contributed by atoms with Crippen molar-refractivity contribution >= 4 is 17.5 Å². The van der Waals surface area contributed by atoms with Crippen molar-refractivity contribution in [3.63, 3.8) is 0 Å². The third-order valence-corrected chi connectivity index (χ3v) is 2.96. The van der Waals surface area contributed by atoms with E-state index in [0.29, 0.717) is 10.7 Å². The summed E-state index contributed by atoms with van der Waals surface area (Å²) in [4.78, 5) is 15.6. The molecule has 1 N–H and O–H groups in total. The average Bonchev–Trinajstić information content (AvgIpc) is 2.22. The maximum atomic E-state index is 11.8. The monoisotopic (exact) mass is 240 g/mol. The third-order valence-electron chi connectivity index (χ3n) is 2.75. The smallest absolute Gasteiger partial charge is 0.251 e. The zero-order chi connectivity index (χ0) is 11.5. The molecule has 0 atom stereocenters. The summed E-state index contributed by atoms with van der Waals surface area (Å²) in [5.74, 6) is -0.108. The number of nitrogens with one attached hydrogen (secondary N) is 1. The summed E-state index contributed by atoms with van der Waals surface area (Å²) in [6.07, 6.45) is 3.56. The molecule has 1 fully saturated rings. The van der Waals surface area contributed by atoms with Crippen molar-refractivity contribution in [2.75, 3.05) is 7.11 Å². The average molecular weight is 241 g/mol. The highest BCUT2D eigenvalue weighted by Crippen LogP contribution is 2.22. The molecule has 0 unspecified atom stereocenters. The van der Waals surface area contributed by atoms with E-state index in [9.17, 15) is 4.79 Å². The Labute approximate surface area is 99.0 Å². The van der Waals surface area contributed by atoms with Gasteiger partial charge in [-0.1, -0.05) is 11.6 Å². The molecule has 1 amide bonds. The van der Waals surface area contributed by atoms with E-state index in [0.717, 1.165) is 12.8 Å². The van der Waals surface area contributed by atoms with Crippen LogP contribution in [0.5, 0.6) is 0 Å². The van der Waals surface area contributed by atoms with Gasteiger partial charge in [0.2, 0.25) is 0 Å². The van der Waals surface area contributed by atoms with E-state index < -0.39 is 0 Å². The Kier molecular flexibility index (Phi) is 3.41.